The lowest BCUT2D eigenvalue weighted by Gasteiger charge is -2.25. The van der Waals surface area contributed by atoms with Crippen molar-refractivity contribution in [3.63, 3.8) is 0 Å². The molecule has 0 aliphatic carbocycles. The van der Waals surface area contributed by atoms with E-state index in [1.54, 1.807) is 5.01 Å². The zero-order chi connectivity index (χ0) is 12.1. The summed E-state index contributed by atoms with van der Waals surface area (Å²) in [5.41, 5.74) is 0. The number of hydrazone groups is 1. The summed E-state index contributed by atoms with van der Waals surface area (Å²) in [6, 6.07) is 0. The van der Waals surface area contributed by atoms with E-state index in [0.717, 1.165) is 10.5 Å². The monoisotopic (exact) mass is 292 g/mol. The second kappa shape index (κ2) is 6.45. The van der Waals surface area contributed by atoms with Gasteiger partial charge in [0.25, 0.3) is 0 Å². The van der Waals surface area contributed by atoms with Crippen molar-refractivity contribution in [3.8, 4) is 0 Å². The minimum Gasteiger partial charge on any atom is -0.409 e. The van der Waals surface area contributed by atoms with Crippen molar-refractivity contribution in [1.29, 1.82) is 0 Å². The first kappa shape index (κ1) is 14.9. The molecule has 0 aliphatic rings. The molecule has 0 aliphatic heterocycles. The van der Waals surface area contributed by atoms with Gasteiger partial charge < -0.3 is 9.43 Å². The molecule has 0 rings (SSSR count). The fourth-order valence-electron chi connectivity index (χ4n) is 0.974. The molecule has 0 saturated carbocycles. The van der Waals surface area contributed by atoms with Crippen molar-refractivity contribution in [3.05, 3.63) is 10.7 Å². The lowest BCUT2D eigenvalue weighted by molar-refractivity contribution is 0.225. The number of hydrogen-bond acceptors (Lipinski definition) is 3. The van der Waals surface area contributed by atoms with Crippen LogP contribution in [-0.4, -0.2) is 39.7 Å². The summed E-state index contributed by atoms with van der Waals surface area (Å²) in [6.07, 6.45) is 2.89. The van der Waals surface area contributed by atoms with Crippen molar-refractivity contribution in [1.82, 2.24) is 5.01 Å². The highest BCUT2D eigenvalue weighted by Crippen LogP contribution is 2.22. The van der Waals surface area contributed by atoms with Crippen LogP contribution in [0, 0.1) is 0 Å². The van der Waals surface area contributed by atoms with Crippen molar-refractivity contribution in [2.75, 3.05) is 14.1 Å². The first-order valence-electron chi connectivity index (χ1n) is 4.98. The van der Waals surface area contributed by atoms with Gasteiger partial charge in [-0.1, -0.05) is 22.5 Å². The van der Waals surface area contributed by atoms with E-state index in [1.807, 2.05) is 20.3 Å². The molecule has 0 aromatic rings. The Bertz CT molecular complexity index is 242. The molecule has 0 heterocycles. The van der Waals surface area contributed by atoms with Crippen molar-refractivity contribution in [2.45, 2.75) is 32.5 Å². The first-order chi connectivity index (χ1) is 6.75. The Morgan fingerprint density at radius 3 is 2.53 bits per heavy atom. The summed E-state index contributed by atoms with van der Waals surface area (Å²) in [4.78, 5) is 0. The zero-order valence-electron chi connectivity index (χ0n) is 10.2. The van der Waals surface area contributed by atoms with Crippen LogP contribution in [0.25, 0.3) is 0 Å². The first-order valence-corrected chi connectivity index (χ1v) is 8.68. The maximum atomic E-state index is 5.96. The molecule has 0 fully saturated rings. The minimum atomic E-state index is -1.77. The van der Waals surface area contributed by atoms with Gasteiger partial charge in [-0.25, -0.2) is 0 Å². The molecule has 0 aromatic carbocycles. The molecule has 1 atom stereocenters. The molecule has 88 valence electrons. The van der Waals surface area contributed by atoms with Crippen LogP contribution in [0.1, 0.15) is 13.3 Å². The van der Waals surface area contributed by atoms with Gasteiger partial charge in [0.15, 0.2) is 0 Å². The van der Waals surface area contributed by atoms with Gasteiger partial charge in [0.05, 0.1) is 0 Å². The van der Waals surface area contributed by atoms with Gasteiger partial charge in [0.1, 0.15) is 0 Å². The number of nitrogens with zero attached hydrogens (tertiary/aromatic N) is 2. The normalized spacial score (nSPS) is 14.3. The second-order valence-corrected chi connectivity index (χ2v) is 9.77. The summed E-state index contributed by atoms with van der Waals surface area (Å²) < 4.78 is 6.96. The van der Waals surface area contributed by atoms with E-state index in [2.05, 4.69) is 47.6 Å². The van der Waals surface area contributed by atoms with Crippen LogP contribution in [0.3, 0.4) is 0 Å². The second-order valence-electron chi connectivity index (χ2n) is 4.22. The molecule has 1 unspecified atom stereocenters. The van der Waals surface area contributed by atoms with Crippen LogP contribution < -0.4 is 0 Å². The Morgan fingerprint density at radius 2 is 2.13 bits per heavy atom. The molecule has 15 heavy (non-hydrogen) atoms. The van der Waals surface area contributed by atoms with Crippen molar-refractivity contribution in [2.24, 2.45) is 5.10 Å². The Morgan fingerprint density at radius 1 is 1.60 bits per heavy atom. The largest absolute Gasteiger partial charge is 0.409 e. The van der Waals surface area contributed by atoms with Crippen LogP contribution in [0.15, 0.2) is 15.8 Å². The molecule has 0 radical (unpaired) electrons. The van der Waals surface area contributed by atoms with Crippen LogP contribution in [0.5, 0.6) is 0 Å². The van der Waals surface area contributed by atoms with Crippen LogP contribution in [-0.2, 0) is 4.43 Å². The van der Waals surface area contributed by atoms with Crippen LogP contribution in [0.2, 0.25) is 13.1 Å². The smallest absolute Gasteiger partial charge is 0.224 e. The zero-order valence-corrected chi connectivity index (χ0v) is 12.8. The van der Waals surface area contributed by atoms with E-state index in [9.17, 15) is 0 Å². The lowest BCUT2D eigenvalue weighted by Crippen LogP contribution is -2.35. The number of halogens is 1. The molecule has 0 N–H and O–H groups in total. The van der Waals surface area contributed by atoms with E-state index >= 15 is 0 Å². The van der Waals surface area contributed by atoms with E-state index in [-0.39, 0.29) is 6.10 Å². The highest BCUT2D eigenvalue weighted by atomic mass is 79.9. The van der Waals surface area contributed by atoms with Crippen molar-refractivity contribution < 1.29 is 4.43 Å². The Hall–Kier alpha value is -0.133. The Kier molecular flexibility index (Phi) is 6.39. The predicted octanol–water partition coefficient (Wildman–Crippen LogP) is 2.98. The molecule has 0 saturated heterocycles. The fraction of sp³-hybridized carbons (Fsp3) is 0.700. The molecule has 0 spiro atoms. The fourth-order valence-corrected chi connectivity index (χ4v) is 2.48. The standard InChI is InChI=1S/C10H21BrN2OSi/c1-9(7-8-12-13(3)4)14-15(5,6)10(2)11/h8-9H,2,7H2,1,3-6H3/b12-8+. The summed E-state index contributed by atoms with van der Waals surface area (Å²) in [5, 5.41) is 5.93. The summed E-state index contributed by atoms with van der Waals surface area (Å²) in [5.74, 6) is 0. The van der Waals surface area contributed by atoms with Crippen LogP contribution >= 0.6 is 15.9 Å². The quantitative estimate of drug-likeness (QED) is 0.427. The number of hydrogen-bond donors (Lipinski definition) is 0. The van der Waals surface area contributed by atoms with Gasteiger partial charge in [-0.3, -0.25) is 0 Å². The molecular weight excluding hydrogens is 272 g/mol. The van der Waals surface area contributed by atoms with E-state index in [4.69, 9.17) is 4.43 Å². The van der Waals surface area contributed by atoms with Gasteiger partial charge in [-0.15, -0.1) is 0 Å². The van der Waals surface area contributed by atoms with Gasteiger partial charge in [0.2, 0.25) is 8.32 Å². The van der Waals surface area contributed by atoms with Gasteiger partial charge in [-0.2, -0.15) is 5.10 Å². The minimum absolute atomic E-state index is 0.185. The molecule has 3 nitrogen and oxygen atoms in total. The van der Waals surface area contributed by atoms with Crippen molar-refractivity contribution >= 4 is 30.5 Å². The SMILES string of the molecule is C=C(Br)[Si](C)(C)OC(C)C/C=N/N(C)C. The van der Waals surface area contributed by atoms with E-state index < -0.39 is 8.32 Å². The molecular formula is C10H21BrN2OSi. The maximum Gasteiger partial charge on any atom is 0.224 e. The third-order valence-corrected chi connectivity index (χ3v) is 7.06. The Labute approximate surface area is 102 Å². The van der Waals surface area contributed by atoms with Crippen LogP contribution in [0.4, 0.5) is 0 Å². The highest BCUT2D eigenvalue weighted by molar-refractivity contribution is 9.12. The highest BCUT2D eigenvalue weighted by Gasteiger charge is 2.26. The predicted molar refractivity (Wildman–Crippen MR) is 72.9 cm³/mol. The van der Waals surface area contributed by atoms with Gasteiger partial charge >= 0.3 is 0 Å². The molecule has 0 bridgehead atoms. The van der Waals surface area contributed by atoms with E-state index in [0.29, 0.717) is 0 Å². The molecule has 0 amide bonds. The lowest BCUT2D eigenvalue weighted by atomic mass is 10.3. The average Bonchev–Trinajstić information content (AvgIpc) is 2.01. The average molecular weight is 293 g/mol. The Balaban J connectivity index is 4.04. The summed E-state index contributed by atoms with van der Waals surface area (Å²) >= 11 is 3.42. The summed E-state index contributed by atoms with van der Waals surface area (Å²) in [6.45, 7) is 10.2. The van der Waals surface area contributed by atoms with Gasteiger partial charge in [0, 0.05) is 36.9 Å². The van der Waals surface area contributed by atoms with Gasteiger partial charge in [-0.05, 0) is 20.0 Å². The maximum absolute atomic E-state index is 5.96. The number of rotatable bonds is 6. The molecule has 0 aromatic heterocycles. The topological polar surface area (TPSA) is 24.8 Å². The third kappa shape index (κ3) is 6.86. The van der Waals surface area contributed by atoms with E-state index in [1.165, 1.54) is 0 Å². The third-order valence-electron chi connectivity index (χ3n) is 1.90. The summed E-state index contributed by atoms with van der Waals surface area (Å²) in [7, 11) is 2.03. The molecule has 5 heteroatoms.